The zero-order valence-corrected chi connectivity index (χ0v) is 17.7. The Balaban J connectivity index is 1.61. The smallest absolute Gasteiger partial charge is 0.343 e. The van der Waals surface area contributed by atoms with Crippen molar-refractivity contribution in [2.24, 2.45) is 0 Å². The van der Waals surface area contributed by atoms with Gasteiger partial charge in [0.15, 0.2) is 5.76 Å². The minimum absolute atomic E-state index is 0.187. The number of halogens is 1. The molecule has 156 valence electrons. The minimum Gasteiger partial charge on any atom is -0.493 e. The van der Waals surface area contributed by atoms with Crippen LogP contribution in [0.1, 0.15) is 38.8 Å². The highest BCUT2D eigenvalue weighted by atomic mass is 35.5. The molecule has 0 aromatic heterocycles. The highest BCUT2D eigenvalue weighted by Crippen LogP contribution is 2.38. The average Bonchev–Trinajstić information content (AvgIpc) is 3.05. The molecule has 0 saturated carbocycles. The molecular weight excluding hydrogens is 416 g/mol. The number of Topliss-reactive ketones (excluding diaryl/α,β-unsaturated/α-hetero) is 1. The molecular formula is C25H19ClO5. The molecule has 1 heterocycles. The number of para-hydroxylation sites is 1. The monoisotopic (exact) mass is 434 g/mol. The maximum absolute atomic E-state index is 12.9. The van der Waals surface area contributed by atoms with E-state index in [4.69, 9.17) is 25.8 Å². The van der Waals surface area contributed by atoms with Crippen molar-refractivity contribution >= 4 is 29.4 Å². The van der Waals surface area contributed by atoms with Gasteiger partial charge in [-0.05, 0) is 61.9 Å². The normalized spacial score (nSPS) is 13.6. The Morgan fingerprint density at radius 3 is 2.58 bits per heavy atom. The van der Waals surface area contributed by atoms with Crippen LogP contribution in [0.15, 0.2) is 66.4 Å². The van der Waals surface area contributed by atoms with Crippen molar-refractivity contribution in [3.8, 4) is 17.2 Å². The summed E-state index contributed by atoms with van der Waals surface area (Å²) < 4.78 is 16.9. The van der Waals surface area contributed by atoms with Gasteiger partial charge < -0.3 is 14.2 Å². The molecule has 3 aromatic rings. The summed E-state index contributed by atoms with van der Waals surface area (Å²) in [6.45, 7) is 4.18. The van der Waals surface area contributed by atoms with E-state index in [-0.39, 0.29) is 11.5 Å². The van der Waals surface area contributed by atoms with Crippen molar-refractivity contribution in [3.05, 3.63) is 93.7 Å². The van der Waals surface area contributed by atoms with Gasteiger partial charge in [0, 0.05) is 16.7 Å². The Labute approximate surface area is 184 Å². The van der Waals surface area contributed by atoms with E-state index in [1.165, 1.54) is 0 Å². The zero-order valence-electron chi connectivity index (χ0n) is 17.0. The molecule has 0 spiro atoms. The van der Waals surface area contributed by atoms with Crippen molar-refractivity contribution < 1.29 is 23.8 Å². The molecule has 6 heteroatoms. The molecule has 1 aliphatic rings. The van der Waals surface area contributed by atoms with Gasteiger partial charge in [-0.1, -0.05) is 29.8 Å². The van der Waals surface area contributed by atoms with Crippen molar-refractivity contribution in [1.82, 2.24) is 0 Å². The molecule has 4 rings (SSSR count). The summed E-state index contributed by atoms with van der Waals surface area (Å²) in [6.07, 6.45) is 1.66. The predicted octanol–water partition coefficient (Wildman–Crippen LogP) is 5.88. The molecule has 0 radical (unpaired) electrons. The van der Waals surface area contributed by atoms with Gasteiger partial charge in [-0.3, -0.25) is 4.79 Å². The molecule has 0 saturated heterocycles. The number of fused-ring (bicyclic) bond motifs is 1. The van der Waals surface area contributed by atoms with Crippen LogP contribution in [-0.4, -0.2) is 18.4 Å². The van der Waals surface area contributed by atoms with E-state index in [0.717, 1.165) is 5.56 Å². The Morgan fingerprint density at radius 2 is 1.84 bits per heavy atom. The Hall–Kier alpha value is -3.57. The number of rotatable bonds is 5. The number of benzene rings is 3. The molecule has 0 atom stereocenters. The van der Waals surface area contributed by atoms with E-state index in [1.807, 2.05) is 31.2 Å². The number of ether oxygens (including phenoxy) is 3. The fourth-order valence-electron chi connectivity index (χ4n) is 3.32. The summed E-state index contributed by atoms with van der Waals surface area (Å²) in [5.74, 6) is 0.741. The number of esters is 1. The maximum atomic E-state index is 12.9. The standard InChI is InChI=1S/C25H19ClO5/c1-3-29-20-7-5-4-6-17(20)13-22-24(27)23-15(2)12-19(14-21(23)31-22)30-25(28)16-8-10-18(26)11-9-16/h4-14H,3H2,1-2H3/b22-13-. The van der Waals surface area contributed by atoms with Crippen LogP contribution in [0.5, 0.6) is 17.2 Å². The van der Waals surface area contributed by atoms with Crippen LogP contribution < -0.4 is 14.2 Å². The number of allylic oxidation sites excluding steroid dienone is 1. The summed E-state index contributed by atoms with van der Waals surface area (Å²) in [5, 5.41) is 0.530. The zero-order chi connectivity index (χ0) is 22.0. The summed E-state index contributed by atoms with van der Waals surface area (Å²) in [6, 6.07) is 17.0. The SMILES string of the molecule is CCOc1ccccc1/C=C1\Oc2cc(OC(=O)c3ccc(Cl)cc3)cc(C)c2C1=O. The first-order chi connectivity index (χ1) is 15.0. The molecule has 0 amide bonds. The van der Waals surface area contributed by atoms with Gasteiger partial charge in [-0.2, -0.15) is 0 Å². The lowest BCUT2D eigenvalue weighted by Crippen LogP contribution is -2.08. The Kier molecular flexibility index (Phi) is 5.78. The quantitative estimate of drug-likeness (QED) is 0.285. The number of hydrogen-bond donors (Lipinski definition) is 0. The van der Waals surface area contributed by atoms with Crippen LogP contribution in [0.3, 0.4) is 0 Å². The Bertz CT molecular complexity index is 1200. The van der Waals surface area contributed by atoms with E-state index in [2.05, 4.69) is 0 Å². The highest BCUT2D eigenvalue weighted by Gasteiger charge is 2.30. The fraction of sp³-hybridized carbons (Fsp3) is 0.120. The van der Waals surface area contributed by atoms with E-state index in [0.29, 0.717) is 45.6 Å². The fourth-order valence-corrected chi connectivity index (χ4v) is 3.44. The number of aryl methyl sites for hydroxylation is 1. The van der Waals surface area contributed by atoms with Crippen LogP contribution in [-0.2, 0) is 0 Å². The van der Waals surface area contributed by atoms with Gasteiger partial charge in [0.05, 0.1) is 17.7 Å². The minimum atomic E-state index is -0.526. The highest BCUT2D eigenvalue weighted by molar-refractivity contribution is 6.30. The van der Waals surface area contributed by atoms with Gasteiger partial charge in [0.1, 0.15) is 17.2 Å². The molecule has 1 aliphatic heterocycles. The lowest BCUT2D eigenvalue weighted by molar-refractivity contribution is 0.0734. The first kappa shape index (κ1) is 20.7. The second kappa shape index (κ2) is 8.66. The average molecular weight is 435 g/mol. The number of hydrogen-bond acceptors (Lipinski definition) is 5. The van der Waals surface area contributed by atoms with E-state index in [9.17, 15) is 9.59 Å². The third kappa shape index (κ3) is 4.32. The third-order valence-corrected chi connectivity index (χ3v) is 4.99. The van der Waals surface area contributed by atoms with Gasteiger partial charge in [0.2, 0.25) is 5.78 Å². The van der Waals surface area contributed by atoms with E-state index < -0.39 is 5.97 Å². The molecule has 0 bridgehead atoms. The summed E-state index contributed by atoms with van der Waals surface area (Å²) in [4.78, 5) is 25.3. The van der Waals surface area contributed by atoms with Crippen molar-refractivity contribution in [1.29, 1.82) is 0 Å². The van der Waals surface area contributed by atoms with Gasteiger partial charge in [-0.15, -0.1) is 0 Å². The van der Waals surface area contributed by atoms with Crippen LogP contribution in [0.4, 0.5) is 0 Å². The Morgan fingerprint density at radius 1 is 1.10 bits per heavy atom. The second-order valence-electron chi connectivity index (χ2n) is 6.92. The molecule has 5 nitrogen and oxygen atoms in total. The molecule has 0 unspecified atom stereocenters. The summed E-state index contributed by atoms with van der Waals surface area (Å²) >= 11 is 5.86. The first-order valence-electron chi connectivity index (χ1n) is 9.74. The lowest BCUT2D eigenvalue weighted by Gasteiger charge is -2.08. The van der Waals surface area contributed by atoms with Crippen LogP contribution in [0.2, 0.25) is 5.02 Å². The van der Waals surface area contributed by atoms with E-state index >= 15 is 0 Å². The second-order valence-corrected chi connectivity index (χ2v) is 7.36. The predicted molar refractivity (Wildman–Crippen MR) is 118 cm³/mol. The number of carbonyl (C=O) groups excluding carboxylic acids is 2. The number of carbonyl (C=O) groups is 2. The van der Waals surface area contributed by atoms with Crippen LogP contribution >= 0.6 is 11.6 Å². The molecule has 31 heavy (non-hydrogen) atoms. The van der Waals surface area contributed by atoms with Gasteiger partial charge in [-0.25, -0.2) is 4.79 Å². The van der Waals surface area contributed by atoms with Gasteiger partial charge >= 0.3 is 5.97 Å². The van der Waals surface area contributed by atoms with Crippen molar-refractivity contribution in [2.75, 3.05) is 6.61 Å². The third-order valence-electron chi connectivity index (χ3n) is 4.74. The van der Waals surface area contributed by atoms with Crippen LogP contribution in [0, 0.1) is 6.92 Å². The summed E-state index contributed by atoms with van der Waals surface area (Å²) in [5.41, 5.74) is 2.22. The first-order valence-corrected chi connectivity index (χ1v) is 10.1. The lowest BCUT2D eigenvalue weighted by atomic mass is 10.0. The molecule has 0 N–H and O–H groups in total. The molecule has 0 fully saturated rings. The summed E-state index contributed by atoms with van der Waals surface area (Å²) in [7, 11) is 0. The van der Waals surface area contributed by atoms with Gasteiger partial charge in [0.25, 0.3) is 0 Å². The maximum Gasteiger partial charge on any atom is 0.343 e. The van der Waals surface area contributed by atoms with Crippen molar-refractivity contribution in [2.45, 2.75) is 13.8 Å². The molecule has 0 aliphatic carbocycles. The van der Waals surface area contributed by atoms with E-state index in [1.54, 1.807) is 49.4 Å². The topological polar surface area (TPSA) is 61.8 Å². The molecule has 3 aromatic carbocycles. The van der Waals surface area contributed by atoms with Crippen LogP contribution in [0.25, 0.3) is 6.08 Å². The largest absolute Gasteiger partial charge is 0.493 e. The van der Waals surface area contributed by atoms with Crippen molar-refractivity contribution in [3.63, 3.8) is 0 Å². The number of ketones is 1.